The minimum atomic E-state index is -1.34. The van der Waals surface area contributed by atoms with Crippen molar-refractivity contribution in [1.29, 1.82) is 0 Å². The summed E-state index contributed by atoms with van der Waals surface area (Å²) in [6, 6.07) is 14.1. The van der Waals surface area contributed by atoms with E-state index < -0.39 is 17.4 Å². The zero-order valence-corrected chi connectivity index (χ0v) is 12.6. The van der Waals surface area contributed by atoms with Crippen molar-refractivity contribution in [2.75, 3.05) is 0 Å². The molecule has 2 aromatic carbocycles. The van der Waals surface area contributed by atoms with Gasteiger partial charge in [-0.2, -0.15) is 0 Å². The summed E-state index contributed by atoms with van der Waals surface area (Å²) in [7, 11) is 0. The second-order valence-electron chi connectivity index (χ2n) is 5.21. The Hall–Kier alpha value is -3.12. The van der Waals surface area contributed by atoms with Crippen LogP contribution in [0.1, 0.15) is 21.6 Å². The maximum Gasteiger partial charge on any atom is 0.358 e. The van der Waals surface area contributed by atoms with Crippen molar-refractivity contribution in [3.8, 4) is 11.5 Å². The van der Waals surface area contributed by atoms with E-state index in [0.717, 1.165) is 5.56 Å². The monoisotopic (exact) mass is 325 g/mol. The van der Waals surface area contributed by atoms with Gasteiger partial charge in [-0.3, -0.25) is 0 Å². The predicted octanol–water partition coefficient (Wildman–Crippen LogP) is 2.71. The highest BCUT2D eigenvalue weighted by molar-refractivity contribution is 5.96. The van der Waals surface area contributed by atoms with E-state index >= 15 is 0 Å². The number of hydrogen-bond acceptors (Lipinski definition) is 5. The van der Waals surface area contributed by atoms with Gasteiger partial charge in [-0.15, -0.1) is 0 Å². The molecule has 0 aliphatic carbocycles. The molecule has 0 fully saturated rings. The maximum atomic E-state index is 11.2. The third kappa shape index (κ3) is 3.00. The Morgan fingerprint density at radius 3 is 2.54 bits per heavy atom. The van der Waals surface area contributed by atoms with Gasteiger partial charge in [0.2, 0.25) is 0 Å². The topological polar surface area (TPSA) is 99.9 Å². The van der Waals surface area contributed by atoms with Crippen LogP contribution in [0, 0.1) is 0 Å². The summed E-state index contributed by atoms with van der Waals surface area (Å²) >= 11 is 0. The lowest BCUT2D eigenvalue weighted by Gasteiger charge is -2.12. The van der Waals surface area contributed by atoms with Crippen molar-refractivity contribution in [1.82, 2.24) is 4.98 Å². The molecule has 0 aliphatic rings. The van der Waals surface area contributed by atoms with Gasteiger partial charge in [0, 0.05) is 5.39 Å². The first kappa shape index (κ1) is 15.8. The Balaban J connectivity index is 2.06. The molecule has 0 unspecified atom stereocenters. The number of pyridine rings is 1. The number of ether oxygens (including phenoxy) is 1. The lowest BCUT2D eigenvalue weighted by molar-refractivity contribution is 0.0687. The van der Waals surface area contributed by atoms with Gasteiger partial charge in [-0.25, -0.2) is 9.78 Å². The Kier molecular flexibility index (Phi) is 4.31. The lowest BCUT2D eigenvalue weighted by Crippen LogP contribution is -2.04. The molecule has 6 nitrogen and oxygen atoms in total. The number of fused-ring (bicyclic) bond motifs is 1. The van der Waals surface area contributed by atoms with Crippen LogP contribution in [-0.4, -0.2) is 26.3 Å². The molecule has 3 N–H and O–H groups in total. The largest absolute Gasteiger partial charge is 0.505 e. The molecule has 6 heteroatoms. The Bertz CT molecular complexity index is 893. The third-order valence-corrected chi connectivity index (χ3v) is 3.63. The number of nitrogens with zero attached hydrogens (tertiary/aromatic N) is 1. The van der Waals surface area contributed by atoms with Crippen LogP contribution in [0.25, 0.3) is 10.9 Å². The average Bonchev–Trinajstić information content (AvgIpc) is 2.59. The number of benzene rings is 2. The number of aliphatic hydroxyl groups excluding tert-OH is 1. The summed E-state index contributed by atoms with van der Waals surface area (Å²) < 4.78 is 5.76. The smallest absolute Gasteiger partial charge is 0.358 e. The predicted molar refractivity (Wildman–Crippen MR) is 87.1 cm³/mol. The fourth-order valence-corrected chi connectivity index (χ4v) is 2.43. The number of rotatable bonds is 5. The van der Waals surface area contributed by atoms with Gasteiger partial charge in [-0.1, -0.05) is 36.4 Å². The van der Waals surface area contributed by atoms with Crippen molar-refractivity contribution >= 4 is 16.9 Å². The fourth-order valence-electron chi connectivity index (χ4n) is 2.43. The van der Waals surface area contributed by atoms with E-state index in [2.05, 4.69) is 4.98 Å². The molecule has 0 atom stereocenters. The van der Waals surface area contributed by atoms with Crippen LogP contribution in [0.3, 0.4) is 0 Å². The summed E-state index contributed by atoms with van der Waals surface area (Å²) in [5.74, 6) is -1.41. The number of aliphatic hydroxyl groups is 1. The summed E-state index contributed by atoms with van der Waals surface area (Å²) in [6.07, 6.45) is 0. The second kappa shape index (κ2) is 6.55. The quantitative estimate of drug-likeness (QED) is 0.667. The van der Waals surface area contributed by atoms with Crippen LogP contribution >= 0.6 is 0 Å². The Morgan fingerprint density at radius 1 is 1.12 bits per heavy atom. The minimum Gasteiger partial charge on any atom is -0.505 e. The highest BCUT2D eigenvalue weighted by Crippen LogP contribution is 2.32. The number of aromatic nitrogens is 1. The highest BCUT2D eigenvalue weighted by Gasteiger charge is 2.17. The molecule has 24 heavy (non-hydrogen) atoms. The third-order valence-electron chi connectivity index (χ3n) is 3.63. The molecule has 3 aromatic rings. The molecule has 1 heterocycles. The molecule has 0 aliphatic heterocycles. The average molecular weight is 325 g/mol. The zero-order chi connectivity index (χ0) is 17.1. The fraction of sp³-hybridized carbons (Fsp3) is 0.111. The summed E-state index contributed by atoms with van der Waals surface area (Å²) in [5, 5.41) is 28.9. The van der Waals surface area contributed by atoms with E-state index in [4.69, 9.17) is 9.84 Å². The minimum absolute atomic E-state index is 0.261. The van der Waals surface area contributed by atoms with Gasteiger partial charge < -0.3 is 20.1 Å². The molecular formula is C18H15NO5. The molecule has 0 amide bonds. The van der Waals surface area contributed by atoms with E-state index in [-0.39, 0.29) is 12.1 Å². The molecular weight excluding hydrogens is 310 g/mol. The first-order valence-corrected chi connectivity index (χ1v) is 7.26. The van der Waals surface area contributed by atoms with Crippen LogP contribution in [0.15, 0.2) is 48.5 Å². The van der Waals surface area contributed by atoms with E-state index in [1.54, 1.807) is 12.1 Å². The van der Waals surface area contributed by atoms with E-state index in [9.17, 15) is 15.0 Å². The van der Waals surface area contributed by atoms with Crippen molar-refractivity contribution < 1.29 is 24.9 Å². The molecule has 0 radical (unpaired) electrons. The molecule has 122 valence electrons. The summed E-state index contributed by atoms with van der Waals surface area (Å²) in [4.78, 5) is 15.2. The number of carbonyl (C=O) groups is 1. The lowest BCUT2D eigenvalue weighted by atomic mass is 10.1. The van der Waals surface area contributed by atoms with Crippen molar-refractivity contribution in [2.45, 2.75) is 13.2 Å². The first-order chi connectivity index (χ1) is 11.6. The number of carboxylic acid groups (broad SMARTS) is 1. The standard InChI is InChI=1S/C18H15NO5/c20-9-12-6-7-15(24-10-11-4-2-1-3-5-11)16-13(12)8-14(21)17(19-16)18(22)23/h1-8,20-21H,9-10H2,(H,22,23). The Labute approximate surface area is 137 Å². The van der Waals surface area contributed by atoms with Gasteiger partial charge in [0.25, 0.3) is 0 Å². The van der Waals surface area contributed by atoms with Crippen LogP contribution in [0.4, 0.5) is 0 Å². The van der Waals surface area contributed by atoms with Crippen molar-refractivity contribution in [3.05, 3.63) is 65.4 Å². The summed E-state index contributed by atoms with van der Waals surface area (Å²) in [5.41, 5.74) is 1.31. The van der Waals surface area contributed by atoms with Gasteiger partial charge in [-0.05, 0) is 23.3 Å². The molecule has 0 saturated carbocycles. The van der Waals surface area contributed by atoms with Crippen LogP contribution < -0.4 is 4.74 Å². The number of aromatic carboxylic acids is 1. The number of hydrogen-bond donors (Lipinski definition) is 3. The number of carboxylic acids is 1. The SMILES string of the molecule is O=C(O)c1nc2c(OCc3ccccc3)ccc(CO)c2cc1O. The van der Waals surface area contributed by atoms with Crippen LogP contribution in [0.5, 0.6) is 11.5 Å². The van der Waals surface area contributed by atoms with Gasteiger partial charge in [0.05, 0.1) is 6.61 Å². The van der Waals surface area contributed by atoms with Crippen LogP contribution in [-0.2, 0) is 13.2 Å². The summed E-state index contributed by atoms with van der Waals surface area (Å²) in [6.45, 7) is 0.0301. The molecule has 0 spiro atoms. The van der Waals surface area contributed by atoms with Crippen molar-refractivity contribution in [2.24, 2.45) is 0 Å². The van der Waals surface area contributed by atoms with Crippen molar-refractivity contribution in [3.63, 3.8) is 0 Å². The van der Waals surface area contributed by atoms with E-state index in [1.807, 2.05) is 30.3 Å². The zero-order valence-electron chi connectivity index (χ0n) is 12.6. The van der Waals surface area contributed by atoms with Gasteiger partial charge in [0.15, 0.2) is 5.69 Å². The Morgan fingerprint density at radius 2 is 1.88 bits per heavy atom. The van der Waals surface area contributed by atoms with Crippen LogP contribution in [0.2, 0.25) is 0 Å². The van der Waals surface area contributed by atoms with E-state index in [0.29, 0.717) is 23.3 Å². The molecule has 1 aromatic heterocycles. The normalized spacial score (nSPS) is 10.7. The molecule has 3 rings (SSSR count). The van der Waals surface area contributed by atoms with Gasteiger partial charge >= 0.3 is 5.97 Å². The van der Waals surface area contributed by atoms with E-state index in [1.165, 1.54) is 6.07 Å². The highest BCUT2D eigenvalue weighted by atomic mass is 16.5. The molecule has 0 saturated heterocycles. The first-order valence-electron chi connectivity index (χ1n) is 7.26. The molecule has 0 bridgehead atoms. The maximum absolute atomic E-state index is 11.2. The number of aromatic hydroxyl groups is 1. The van der Waals surface area contributed by atoms with Gasteiger partial charge in [0.1, 0.15) is 23.6 Å². The second-order valence-corrected chi connectivity index (χ2v) is 5.21.